The van der Waals surface area contributed by atoms with Crippen molar-refractivity contribution in [2.24, 2.45) is 7.05 Å². The number of hydrogen-bond acceptors (Lipinski definition) is 1. The number of aryl methyl sites for hydroxylation is 1. The summed E-state index contributed by atoms with van der Waals surface area (Å²) in [6.07, 6.45) is 2.76. The van der Waals surface area contributed by atoms with E-state index in [2.05, 4.69) is 28.1 Å². The number of carbonyl (C=O) groups excluding carboxylic acids is 1. The fourth-order valence-electron chi connectivity index (χ4n) is 1.98. The lowest BCUT2D eigenvalue weighted by Gasteiger charge is -2.17. The van der Waals surface area contributed by atoms with E-state index in [4.69, 9.17) is 0 Å². The van der Waals surface area contributed by atoms with E-state index in [1.54, 1.807) is 4.90 Å². The molecule has 0 bridgehead atoms. The van der Waals surface area contributed by atoms with Crippen LogP contribution in [0, 0.1) is 0 Å². The number of likely N-dealkylation sites (N-methyl/N-ethyl adjacent to an activating group) is 1. The molecule has 2 aromatic rings. The van der Waals surface area contributed by atoms with Gasteiger partial charge in [0.15, 0.2) is 0 Å². The summed E-state index contributed by atoms with van der Waals surface area (Å²) in [5.74, 6) is 0.0455. The first-order valence-electron chi connectivity index (χ1n) is 6.19. The maximum absolute atomic E-state index is 12.3. The van der Waals surface area contributed by atoms with Crippen molar-refractivity contribution in [2.45, 2.75) is 6.42 Å². The minimum Gasteiger partial charge on any atom is -0.345 e. The standard InChI is InChI=1S/C15H17BrN2O/c1-17(9-8-12-6-4-3-5-7-12)15(19)14-10-13(16)11-18(14)2/h3-7,10-11H,8-9H2,1-2H3. The van der Waals surface area contributed by atoms with E-state index in [0.717, 1.165) is 10.9 Å². The molecule has 0 atom stereocenters. The van der Waals surface area contributed by atoms with Crippen molar-refractivity contribution < 1.29 is 4.79 Å². The molecule has 0 unspecified atom stereocenters. The monoisotopic (exact) mass is 320 g/mol. The van der Waals surface area contributed by atoms with Crippen molar-refractivity contribution >= 4 is 21.8 Å². The number of nitrogens with zero attached hydrogens (tertiary/aromatic N) is 2. The van der Waals surface area contributed by atoms with Crippen LogP contribution in [0.3, 0.4) is 0 Å². The third kappa shape index (κ3) is 3.47. The summed E-state index contributed by atoms with van der Waals surface area (Å²) in [7, 11) is 3.72. The zero-order valence-corrected chi connectivity index (χ0v) is 12.7. The molecule has 0 spiro atoms. The van der Waals surface area contributed by atoms with Crippen LogP contribution in [0.5, 0.6) is 0 Å². The molecular formula is C15H17BrN2O. The minimum atomic E-state index is 0.0455. The summed E-state index contributed by atoms with van der Waals surface area (Å²) in [6, 6.07) is 12.0. The first kappa shape index (κ1) is 13.9. The van der Waals surface area contributed by atoms with Crippen molar-refractivity contribution in [1.82, 2.24) is 9.47 Å². The molecular weight excluding hydrogens is 304 g/mol. The first-order valence-corrected chi connectivity index (χ1v) is 6.98. The highest BCUT2D eigenvalue weighted by molar-refractivity contribution is 9.10. The Kier molecular flexibility index (Phi) is 4.43. The lowest BCUT2D eigenvalue weighted by Crippen LogP contribution is -2.30. The van der Waals surface area contributed by atoms with Gasteiger partial charge in [-0.1, -0.05) is 30.3 Å². The average molecular weight is 321 g/mol. The van der Waals surface area contributed by atoms with Gasteiger partial charge in [0, 0.05) is 31.3 Å². The molecule has 0 aliphatic rings. The Morgan fingerprint density at radius 1 is 1.32 bits per heavy atom. The molecule has 19 heavy (non-hydrogen) atoms. The fourth-order valence-corrected chi connectivity index (χ4v) is 2.50. The van der Waals surface area contributed by atoms with Gasteiger partial charge >= 0.3 is 0 Å². The number of rotatable bonds is 4. The quantitative estimate of drug-likeness (QED) is 0.849. The molecule has 0 saturated heterocycles. The molecule has 0 aliphatic heterocycles. The number of carbonyl (C=O) groups is 1. The smallest absolute Gasteiger partial charge is 0.270 e. The van der Waals surface area contributed by atoms with Crippen LogP contribution in [-0.4, -0.2) is 29.0 Å². The Balaban J connectivity index is 1.98. The van der Waals surface area contributed by atoms with Crippen molar-refractivity contribution in [3.05, 3.63) is 58.3 Å². The van der Waals surface area contributed by atoms with Crippen LogP contribution < -0.4 is 0 Å². The molecule has 4 heteroatoms. The Morgan fingerprint density at radius 2 is 2.00 bits per heavy atom. The fraction of sp³-hybridized carbons (Fsp3) is 0.267. The summed E-state index contributed by atoms with van der Waals surface area (Å²) in [6.45, 7) is 0.714. The van der Waals surface area contributed by atoms with E-state index in [0.29, 0.717) is 12.2 Å². The van der Waals surface area contributed by atoms with Crippen molar-refractivity contribution in [1.29, 1.82) is 0 Å². The van der Waals surface area contributed by atoms with Crippen molar-refractivity contribution in [3.8, 4) is 0 Å². The van der Waals surface area contributed by atoms with E-state index in [1.165, 1.54) is 5.56 Å². The zero-order valence-electron chi connectivity index (χ0n) is 11.1. The van der Waals surface area contributed by atoms with Crippen molar-refractivity contribution in [3.63, 3.8) is 0 Å². The predicted octanol–water partition coefficient (Wildman–Crippen LogP) is 3.10. The molecule has 2 rings (SSSR count). The molecule has 0 radical (unpaired) electrons. The Hall–Kier alpha value is -1.55. The number of hydrogen-bond donors (Lipinski definition) is 0. The highest BCUT2D eigenvalue weighted by Gasteiger charge is 2.15. The molecule has 1 aromatic carbocycles. The van der Waals surface area contributed by atoms with Gasteiger partial charge in [-0.3, -0.25) is 4.79 Å². The van der Waals surface area contributed by atoms with E-state index < -0.39 is 0 Å². The zero-order chi connectivity index (χ0) is 13.8. The van der Waals surface area contributed by atoms with Gasteiger partial charge in [-0.05, 0) is 34.0 Å². The van der Waals surface area contributed by atoms with E-state index >= 15 is 0 Å². The third-order valence-corrected chi connectivity index (χ3v) is 3.55. The van der Waals surface area contributed by atoms with Gasteiger partial charge < -0.3 is 9.47 Å². The van der Waals surface area contributed by atoms with Gasteiger partial charge in [0.05, 0.1) is 0 Å². The van der Waals surface area contributed by atoms with Crippen LogP contribution in [-0.2, 0) is 13.5 Å². The number of halogens is 1. The predicted molar refractivity (Wildman–Crippen MR) is 80.2 cm³/mol. The van der Waals surface area contributed by atoms with Crippen LogP contribution in [0.25, 0.3) is 0 Å². The van der Waals surface area contributed by atoms with Crippen LogP contribution in [0.4, 0.5) is 0 Å². The van der Waals surface area contributed by atoms with Gasteiger partial charge in [0.25, 0.3) is 5.91 Å². The van der Waals surface area contributed by atoms with E-state index in [-0.39, 0.29) is 5.91 Å². The molecule has 100 valence electrons. The maximum Gasteiger partial charge on any atom is 0.270 e. The van der Waals surface area contributed by atoms with Gasteiger partial charge in [-0.25, -0.2) is 0 Å². The van der Waals surface area contributed by atoms with E-state index in [1.807, 2.05) is 49.1 Å². The van der Waals surface area contributed by atoms with Crippen LogP contribution in [0.2, 0.25) is 0 Å². The molecule has 1 aromatic heterocycles. The summed E-state index contributed by atoms with van der Waals surface area (Å²) in [5.41, 5.74) is 1.94. The largest absolute Gasteiger partial charge is 0.345 e. The molecule has 1 amide bonds. The molecule has 0 fully saturated rings. The van der Waals surface area contributed by atoms with Crippen molar-refractivity contribution in [2.75, 3.05) is 13.6 Å². The molecule has 0 saturated carbocycles. The molecule has 1 heterocycles. The van der Waals surface area contributed by atoms with Gasteiger partial charge in [0.2, 0.25) is 0 Å². The van der Waals surface area contributed by atoms with Crippen LogP contribution >= 0.6 is 15.9 Å². The average Bonchev–Trinajstić information content (AvgIpc) is 2.75. The minimum absolute atomic E-state index is 0.0455. The third-order valence-electron chi connectivity index (χ3n) is 3.12. The van der Waals surface area contributed by atoms with Crippen LogP contribution in [0.1, 0.15) is 16.1 Å². The summed E-state index contributed by atoms with van der Waals surface area (Å²) in [5, 5.41) is 0. The number of benzene rings is 1. The molecule has 3 nitrogen and oxygen atoms in total. The van der Waals surface area contributed by atoms with E-state index in [9.17, 15) is 4.79 Å². The SMILES string of the molecule is CN(CCc1ccccc1)C(=O)c1cc(Br)cn1C. The summed E-state index contributed by atoms with van der Waals surface area (Å²) in [4.78, 5) is 14.0. The second kappa shape index (κ2) is 6.06. The molecule has 0 N–H and O–H groups in total. The van der Waals surface area contributed by atoms with Gasteiger partial charge in [0.1, 0.15) is 5.69 Å². The van der Waals surface area contributed by atoms with Crippen LogP contribution in [0.15, 0.2) is 47.1 Å². The topological polar surface area (TPSA) is 25.2 Å². The Bertz CT molecular complexity index is 563. The lowest BCUT2D eigenvalue weighted by atomic mass is 10.1. The first-order chi connectivity index (χ1) is 9.08. The second-order valence-corrected chi connectivity index (χ2v) is 5.53. The highest BCUT2D eigenvalue weighted by Crippen LogP contribution is 2.15. The lowest BCUT2D eigenvalue weighted by molar-refractivity contribution is 0.0787. The Morgan fingerprint density at radius 3 is 2.58 bits per heavy atom. The normalized spacial score (nSPS) is 10.5. The van der Waals surface area contributed by atoms with Gasteiger partial charge in [-0.2, -0.15) is 0 Å². The van der Waals surface area contributed by atoms with Gasteiger partial charge in [-0.15, -0.1) is 0 Å². The summed E-state index contributed by atoms with van der Waals surface area (Å²) < 4.78 is 2.76. The second-order valence-electron chi connectivity index (χ2n) is 4.62. The molecule has 0 aliphatic carbocycles. The Labute approximate surface area is 122 Å². The maximum atomic E-state index is 12.3. The highest BCUT2D eigenvalue weighted by atomic mass is 79.9. The summed E-state index contributed by atoms with van der Waals surface area (Å²) >= 11 is 3.38. The number of amides is 1. The number of aromatic nitrogens is 1.